The average Bonchev–Trinajstić information content (AvgIpc) is 3.68. The maximum atomic E-state index is 14.0. The number of ether oxygens (including phenoxy) is 3. The summed E-state index contributed by atoms with van der Waals surface area (Å²) in [7, 11) is 0. The molecule has 2 aliphatic heterocycles. The third-order valence-corrected chi connectivity index (χ3v) is 8.67. The molecule has 2 N–H and O–H groups in total. The Labute approximate surface area is 267 Å². The summed E-state index contributed by atoms with van der Waals surface area (Å²) in [5, 5.41) is 27.9. The summed E-state index contributed by atoms with van der Waals surface area (Å²) in [4.78, 5) is 0. The van der Waals surface area contributed by atoms with E-state index in [0.717, 1.165) is 17.7 Å². The Balaban J connectivity index is 1.30. The first kappa shape index (κ1) is 30.0. The summed E-state index contributed by atoms with van der Waals surface area (Å²) in [5.41, 5.74) is 1.23. The van der Waals surface area contributed by atoms with Crippen LogP contribution in [0.5, 0.6) is 0 Å². The summed E-state index contributed by atoms with van der Waals surface area (Å²) in [6.07, 6.45) is -3.50. The maximum absolute atomic E-state index is 14.0. The van der Waals surface area contributed by atoms with E-state index in [1.807, 2.05) is 30.3 Å². The SMILES string of the molecule is O[C@@H]1[C@@H](n2cc(-c3cc(F)c(F)c(F)c3)nn2)[C@H]2O[C@@H](c3ccccc3)OC[C@H]2O[C@H]1c1n[nH]c(=S)n1-c1ccc(Cl)c(Cl)c1. The molecule has 2 aromatic heterocycles. The fourth-order valence-electron chi connectivity index (χ4n) is 5.54. The molecular weight excluding hydrogens is 656 g/mol. The quantitative estimate of drug-likeness (QED) is 0.171. The Morgan fingerprint density at radius 3 is 2.47 bits per heavy atom. The molecule has 0 amide bonds. The Kier molecular flexibility index (Phi) is 7.98. The van der Waals surface area contributed by atoms with Crippen LogP contribution in [0.4, 0.5) is 13.2 Å². The van der Waals surface area contributed by atoms with E-state index in [4.69, 9.17) is 49.6 Å². The number of aromatic nitrogens is 6. The number of fused-ring (bicyclic) bond motifs is 1. The van der Waals surface area contributed by atoms with E-state index in [-0.39, 0.29) is 33.5 Å². The van der Waals surface area contributed by atoms with Gasteiger partial charge in [0.05, 0.1) is 28.5 Å². The van der Waals surface area contributed by atoms with Gasteiger partial charge in [0.15, 0.2) is 34.3 Å². The fraction of sp³-hybridized carbons (Fsp3) is 0.241. The first-order valence-corrected chi connectivity index (χ1v) is 14.7. The summed E-state index contributed by atoms with van der Waals surface area (Å²) < 4.78 is 63.6. The minimum atomic E-state index is -1.60. The number of aliphatic hydroxyl groups is 1. The van der Waals surface area contributed by atoms with Crippen molar-refractivity contribution < 1.29 is 32.5 Å². The molecule has 10 nitrogen and oxygen atoms in total. The smallest absolute Gasteiger partial charge is 0.199 e. The standard InChI is InChI=1S/C29H21Cl2F3N6O4S/c30-16-7-6-15(10-17(16)31)40-27(36-37-29(40)45)26-24(41)23(25-21(43-26)12-42-28(44-25)13-4-2-1-3-5-13)39-11-20(35-38-39)14-8-18(32)22(34)19(33)9-14/h1-11,21,23-26,28,41H,12H2,(H,37,45)/t21-,23-,24-,25+,26-,28+/m1/s1. The van der Waals surface area contributed by atoms with Crippen LogP contribution in [0.15, 0.2) is 66.9 Å². The van der Waals surface area contributed by atoms with Gasteiger partial charge in [0.1, 0.15) is 36.2 Å². The Bertz CT molecular complexity index is 1920. The highest BCUT2D eigenvalue weighted by atomic mass is 35.5. The minimum Gasteiger partial charge on any atom is -0.388 e. The van der Waals surface area contributed by atoms with E-state index in [1.54, 1.807) is 22.8 Å². The summed E-state index contributed by atoms with van der Waals surface area (Å²) in [6.45, 7) is 0.0673. The number of nitrogens with zero attached hydrogens (tertiary/aromatic N) is 5. The molecule has 3 aromatic carbocycles. The van der Waals surface area contributed by atoms with Crippen molar-refractivity contribution in [2.24, 2.45) is 0 Å². The van der Waals surface area contributed by atoms with Gasteiger partial charge in [-0.25, -0.2) is 17.9 Å². The molecule has 16 heteroatoms. The van der Waals surface area contributed by atoms with Gasteiger partial charge < -0.3 is 19.3 Å². The lowest BCUT2D eigenvalue weighted by Gasteiger charge is -2.47. The molecule has 0 radical (unpaired) electrons. The highest BCUT2D eigenvalue weighted by Gasteiger charge is 2.52. The molecule has 0 spiro atoms. The highest BCUT2D eigenvalue weighted by Crippen LogP contribution is 2.44. The second-order valence-corrected chi connectivity index (χ2v) is 11.6. The van der Waals surface area contributed by atoms with Crippen molar-refractivity contribution in [1.29, 1.82) is 0 Å². The van der Waals surface area contributed by atoms with Crippen LogP contribution in [-0.2, 0) is 14.2 Å². The van der Waals surface area contributed by atoms with Crippen LogP contribution in [0.1, 0.15) is 29.8 Å². The maximum Gasteiger partial charge on any atom is 0.199 e. The molecule has 7 rings (SSSR count). The molecular formula is C29H21Cl2F3N6O4S. The van der Waals surface area contributed by atoms with Crippen molar-refractivity contribution in [3.63, 3.8) is 0 Å². The number of hydrogen-bond acceptors (Lipinski definition) is 8. The second-order valence-electron chi connectivity index (χ2n) is 10.4. The number of nitrogens with one attached hydrogen (secondary N) is 1. The van der Waals surface area contributed by atoms with Gasteiger partial charge in [0.2, 0.25) is 0 Å². The molecule has 232 valence electrons. The van der Waals surface area contributed by atoms with Crippen molar-refractivity contribution in [2.75, 3.05) is 6.61 Å². The summed E-state index contributed by atoms with van der Waals surface area (Å²) in [6, 6.07) is 14.7. The molecule has 5 aromatic rings. The number of H-pyrrole nitrogens is 1. The topological polar surface area (TPSA) is 112 Å². The highest BCUT2D eigenvalue weighted by molar-refractivity contribution is 7.71. The van der Waals surface area contributed by atoms with E-state index in [9.17, 15) is 18.3 Å². The molecule has 2 aliphatic rings. The van der Waals surface area contributed by atoms with E-state index < -0.39 is 54.2 Å². The first-order valence-electron chi connectivity index (χ1n) is 13.5. The monoisotopic (exact) mass is 676 g/mol. The van der Waals surface area contributed by atoms with Crippen molar-refractivity contribution >= 4 is 35.4 Å². The van der Waals surface area contributed by atoms with E-state index in [1.165, 1.54) is 10.9 Å². The molecule has 4 heterocycles. The number of aromatic amines is 1. The van der Waals surface area contributed by atoms with E-state index in [2.05, 4.69) is 20.5 Å². The van der Waals surface area contributed by atoms with Crippen molar-refractivity contribution in [2.45, 2.75) is 36.7 Å². The third kappa shape index (κ3) is 5.46. The van der Waals surface area contributed by atoms with Gasteiger partial charge in [-0.15, -0.1) is 5.10 Å². The molecule has 0 bridgehead atoms. The zero-order valence-electron chi connectivity index (χ0n) is 22.7. The van der Waals surface area contributed by atoms with Gasteiger partial charge in [-0.3, -0.25) is 9.67 Å². The molecule has 0 aliphatic carbocycles. The predicted octanol–water partition coefficient (Wildman–Crippen LogP) is 6.07. The van der Waals surface area contributed by atoms with Crippen molar-refractivity contribution in [3.8, 4) is 16.9 Å². The summed E-state index contributed by atoms with van der Waals surface area (Å²) >= 11 is 17.9. The van der Waals surface area contributed by atoms with Gasteiger partial charge in [0, 0.05) is 11.1 Å². The van der Waals surface area contributed by atoms with Crippen molar-refractivity contribution in [3.05, 3.63) is 111 Å². The zero-order valence-corrected chi connectivity index (χ0v) is 25.1. The number of aliphatic hydroxyl groups excluding tert-OH is 1. The van der Waals surface area contributed by atoms with Crippen LogP contribution < -0.4 is 0 Å². The zero-order chi connectivity index (χ0) is 31.4. The van der Waals surface area contributed by atoms with Gasteiger partial charge in [-0.05, 0) is 42.5 Å². The van der Waals surface area contributed by atoms with Crippen molar-refractivity contribution in [1.82, 2.24) is 29.8 Å². The lowest BCUT2D eigenvalue weighted by molar-refractivity contribution is -0.319. The molecule has 0 unspecified atom stereocenters. The first-order chi connectivity index (χ1) is 21.7. The number of hydrogen-bond donors (Lipinski definition) is 2. The van der Waals surface area contributed by atoms with Crippen LogP contribution >= 0.6 is 35.4 Å². The average molecular weight is 677 g/mol. The number of halogens is 5. The van der Waals surface area contributed by atoms with Crippen LogP contribution in [0.3, 0.4) is 0 Å². The van der Waals surface area contributed by atoms with Crippen LogP contribution in [-0.4, -0.2) is 59.8 Å². The lowest BCUT2D eigenvalue weighted by Crippen LogP contribution is -2.57. The third-order valence-electron chi connectivity index (χ3n) is 7.66. The van der Waals surface area contributed by atoms with E-state index >= 15 is 0 Å². The Morgan fingerprint density at radius 2 is 1.73 bits per heavy atom. The number of rotatable bonds is 5. The molecule has 2 fully saturated rings. The molecule has 2 saturated heterocycles. The minimum absolute atomic E-state index is 0.0322. The predicted molar refractivity (Wildman–Crippen MR) is 157 cm³/mol. The van der Waals surface area contributed by atoms with Crippen LogP contribution in [0.2, 0.25) is 10.0 Å². The summed E-state index contributed by atoms with van der Waals surface area (Å²) in [5.74, 6) is -4.15. The van der Waals surface area contributed by atoms with Crippen LogP contribution in [0, 0.1) is 22.2 Å². The molecule has 6 atom stereocenters. The molecule has 45 heavy (non-hydrogen) atoms. The van der Waals surface area contributed by atoms with Gasteiger partial charge in [0.25, 0.3) is 0 Å². The Morgan fingerprint density at radius 1 is 0.978 bits per heavy atom. The fourth-order valence-corrected chi connectivity index (χ4v) is 6.08. The number of benzene rings is 3. The van der Waals surface area contributed by atoms with Gasteiger partial charge in [-0.1, -0.05) is 58.7 Å². The van der Waals surface area contributed by atoms with Gasteiger partial charge >= 0.3 is 0 Å². The van der Waals surface area contributed by atoms with Crippen LogP contribution in [0.25, 0.3) is 16.9 Å². The molecule has 0 saturated carbocycles. The normalized spacial score (nSPS) is 24.8. The van der Waals surface area contributed by atoms with E-state index in [0.29, 0.717) is 10.7 Å². The lowest BCUT2D eigenvalue weighted by atomic mass is 9.91. The largest absolute Gasteiger partial charge is 0.388 e. The van der Waals surface area contributed by atoms with Gasteiger partial charge in [-0.2, -0.15) is 5.10 Å². The second kappa shape index (κ2) is 11.9. The Hall–Kier alpha value is -3.63.